The largest absolute Gasteiger partial charge is 0.276 e. The molecule has 0 amide bonds. The lowest BCUT2D eigenvalue weighted by atomic mass is 9.92. The summed E-state index contributed by atoms with van der Waals surface area (Å²) in [5.74, 6) is 9.11. The van der Waals surface area contributed by atoms with Crippen molar-refractivity contribution in [1.29, 1.82) is 0 Å². The van der Waals surface area contributed by atoms with E-state index in [2.05, 4.69) is 28.4 Å². The molecule has 17 heavy (non-hydrogen) atoms. The van der Waals surface area contributed by atoms with Crippen LogP contribution in [0.5, 0.6) is 0 Å². The average Bonchev–Trinajstić information content (AvgIpc) is 2.75. The summed E-state index contributed by atoms with van der Waals surface area (Å²) in [6, 6.07) is 2.43. The molecule has 0 aliphatic carbocycles. The van der Waals surface area contributed by atoms with E-state index in [-0.39, 0.29) is 0 Å². The standard InChI is InChI=1S/C12H22N4S/c1-16-5-2-11(15-16)9-12(14-13)8-10-3-6-17-7-4-10/h2,5,10,12,14H,3-4,6-9,13H2,1H3. The molecule has 4 nitrogen and oxygen atoms in total. The van der Waals surface area contributed by atoms with Gasteiger partial charge in [0.15, 0.2) is 0 Å². The zero-order valence-electron chi connectivity index (χ0n) is 10.4. The van der Waals surface area contributed by atoms with Gasteiger partial charge in [0.05, 0.1) is 5.69 Å². The van der Waals surface area contributed by atoms with Crippen LogP contribution in [0.4, 0.5) is 0 Å². The Morgan fingerprint density at radius 3 is 2.94 bits per heavy atom. The summed E-state index contributed by atoms with van der Waals surface area (Å²) in [5.41, 5.74) is 4.08. The van der Waals surface area contributed by atoms with Crippen molar-refractivity contribution >= 4 is 11.8 Å². The van der Waals surface area contributed by atoms with Gasteiger partial charge >= 0.3 is 0 Å². The van der Waals surface area contributed by atoms with E-state index in [1.165, 1.54) is 30.8 Å². The highest BCUT2D eigenvalue weighted by Crippen LogP contribution is 2.26. The third kappa shape index (κ3) is 4.01. The summed E-state index contributed by atoms with van der Waals surface area (Å²) >= 11 is 2.07. The zero-order chi connectivity index (χ0) is 12.1. The molecule has 1 unspecified atom stereocenters. The van der Waals surface area contributed by atoms with Gasteiger partial charge in [0.25, 0.3) is 0 Å². The number of hydrogen-bond acceptors (Lipinski definition) is 4. The fourth-order valence-corrected chi connectivity index (χ4v) is 3.62. The lowest BCUT2D eigenvalue weighted by Crippen LogP contribution is -2.38. The van der Waals surface area contributed by atoms with Crippen LogP contribution in [-0.4, -0.2) is 27.3 Å². The smallest absolute Gasteiger partial charge is 0.0640 e. The molecule has 0 saturated carbocycles. The predicted octanol–water partition coefficient (Wildman–Crippen LogP) is 1.33. The van der Waals surface area contributed by atoms with Gasteiger partial charge in [0.2, 0.25) is 0 Å². The molecule has 96 valence electrons. The molecule has 2 heterocycles. The molecule has 1 aliphatic heterocycles. The second kappa shape index (κ2) is 6.42. The maximum absolute atomic E-state index is 5.65. The Kier molecular flexibility index (Phi) is 4.88. The van der Waals surface area contributed by atoms with Gasteiger partial charge in [-0.3, -0.25) is 16.0 Å². The number of aromatic nitrogens is 2. The monoisotopic (exact) mass is 254 g/mol. The van der Waals surface area contributed by atoms with Gasteiger partial charge in [-0.1, -0.05) is 0 Å². The molecular formula is C12H22N4S. The van der Waals surface area contributed by atoms with E-state index in [4.69, 9.17) is 5.84 Å². The van der Waals surface area contributed by atoms with Crippen LogP contribution < -0.4 is 11.3 Å². The number of nitrogens with two attached hydrogens (primary N) is 1. The lowest BCUT2D eigenvalue weighted by Gasteiger charge is -2.25. The van der Waals surface area contributed by atoms with E-state index in [1.54, 1.807) is 0 Å². The van der Waals surface area contributed by atoms with Crippen LogP contribution in [0.2, 0.25) is 0 Å². The van der Waals surface area contributed by atoms with Crippen LogP contribution in [0.15, 0.2) is 12.3 Å². The molecule has 1 atom stereocenters. The van der Waals surface area contributed by atoms with E-state index >= 15 is 0 Å². The minimum absolute atomic E-state index is 0.359. The second-order valence-electron chi connectivity index (χ2n) is 4.84. The van der Waals surface area contributed by atoms with Crippen LogP contribution in [0.1, 0.15) is 25.0 Å². The Morgan fingerprint density at radius 2 is 2.35 bits per heavy atom. The van der Waals surface area contributed by atoms with E-state index in [1.807, 2.05) is 17.9 Å². The Balaban J connectivity index is 1.83. The number of nitrogens with zero attached hydrogens (tertiary/aromatic N) is 2. The highest BCUT2D eigenvalue weighted by Gasteiger charge is 2.19. The van der Waals surface area contributed by atoms with Gasteiger partial charge in [-0.25, -0.2) is 0 Å². The Bertz CT molecular complexity index is 333. The first-order valence-electron chi connectivity index (χ1n) is 6.30. The SMILES string of the molecule is Cn1ccc(CC(CC2CCSCC2)NN)n1. The van der Waals surface area contributed by atoms with Crippen molar-refractivity contribution in [2.24, 2.45) is 18.8 Å². The highest BCUT2D eigenvalue weighted by molar-refractivity contribution is 7.99. The summed E-state index contributed by atoms with van der Waals surface area (Å²) in [7, 11) is 1.95. The number of nitrogens with one attached hydrogen (secondary N) is 1. The molecule has 5 heteroatoms. The van der Waals surface area contributed by atoms with Gasteiger partial charge in [0, 0.05) is 25.7 Å². The minimum atomic E-state index is 0.359. The topological polar surface area (TPSA) is 55.9 Å². The molecule has 0 bridgehead atoms. The highest BCUT2D eigenvalue weighted by atomic mass is 32.2. The van der Waals surface area contributed by atoms with Crippen molar-refractivity contribution in [3.05, 3.63) is 18.0 Å². The zero-order valence-corrected chi connectivity index (χ0v) is 11.2. The molecule has 1 fully saturated rings. The first-order valence-corrected chi connectivity index (χ1v) is 7.46. The van der Waals surface area contributed by atoms with Crippen molar-refractivity contribution < 1.29 is 0 Å². The first-order chi connectivity index (χ1) is 8.28. The summed E-state index contributed by atoms with van der Waals surface area (Å²) in [6.45, 7) is 0. The lowest BCUT2D eigenvalue weighted by molar-refractivity contribution is 0.363. The summed E-state index contributed by atoms with van der Waals surface area (Å²) in [4.78, 5) is 0. The van der Waals surface area contributed by atoms with Crippen molar-refractivity contribution in [2.75, 3.05) is 11.5 Å². The molecule has 1 aromatic heterocycles. The van der Waals surface area contributed by atoms with Crippen LogP contribution >= 0.6 is 11.8 Å². The predicted molar refractivity (Wildman–Crippen MR) is 72.7 cm³/mol. The Hall–Kier alpha value is -0.520. The van der Waals surface area contributed by atoms with Crippen molar-refractivity contribution in [3.63, 3.8) is 0 Å². The molecule has 0 aromatic carbocycles. The quantitative estimate of drug-likeness (QED) is 0.615. The number of hydrogen-bond donors (Lipinski definition) is 2. The van der Waals surface area contributed by atoms with Gasteiger partial charge < -0.3 is 0 Å². The van der Waals surface area contributed by atoms with Crippen LogP contribution in [0.3, 0.4) is 0 Å². The van der Waals surface area contributed by atoms with Gasteiger partial charge in [-0.2, -0.15) is 16.9 Å². The Morgan fingerprint density at radius 1 is 1.59 bits per heavy atom. The molecule has 0 radical (unpaired) electrons. The van der Waals surface area contributed by atoms with Crippen molar-refractivity contribution in [1.82, 2.24) is 15.2 Å². The maximum atomic E-state index is 5.65. The van der Waals surface area contributed by atoms with Gasteiger partial charge in [-0.05, 0) is 42.8 Å². The Labute approximate surface area is 107 Å². The molecule has 1 aliphatic rings. The first kappa shape index (κ1) is 12.9. The fourth-order valence-electron chi connectivity index (χ4n) is 2.42. The normalized spacial score (nSPS) is 19.4. The van der Waals surface area contributed by atoms with Crippen molar-refractivity contribution in [3.8, 4) is 0 Å². The van der Waals surface area contributed by atoms with Crippen molar-refractivity contribution in [2.45, 2.75) is 31.7 Å². The molecular weight excluding hydrogens is 232 g/mol. The van der Waals surface area contributed by atoms with Crippen LogP contribution in [-0.2, 0) is 13.5 Å². The fraction of sp³-hybridized carbons (Fsp3) is 0.750. The van der Waals surface area contributed by atoms with Crippen LogP contribution in [0.25, 0.3) is 0 Å². The summed E-state index contributed by atoms with van der Waals surface area (Å²) in [6.07, 6.45) is 6.77. The van der Waals surface area contributed by atoms with Gasteiger partial charge in [0.1, 0.15) is 0 Å². The van der Waals surface area contributed by atoms with E-state index in [0.29, 0.717) is 6.04 Å². The molecule has 3 N–H and O–H groups in total. The van der Waals surface area contributed by atoms with E-state index < -0.39 is 0 Å². The molecule has 1 aromatic rings. The van der Waals surface area contributed by atoms with E-state index in [9.17, 15) is 0 Å². The third-order valence-corrected chi connectivity index (χ3v) is 4.47. The van der Waals surface area contributed by atoms with E-state index in [0.717, 1.165) is 18.0 Å². The third-order valence-electron chi connectivity index (χ3n) is 3.42. The molecule has 2 rings (SSSR count). The second-order valence-corrected chi connectivity index (χ2v) is 6.06. The number of hydrazine groups is 1. The number of aryl methyl sites for hydroxylation is 1. The number of thioether (sulfide) groups is 1. The average molecular weight is 254 g/mol. The minimum Gasteiger partial charge on any atom is -0.276 e. The summed E-state index contributed by atoms with van der Waals surface area (Å²) < 4.78 is 1.85. The molecule has 0 spiro atoms. The van der Waals surface area contributed by atoms with Crippen LogP contribution in [0, 0.1) is 5.92 Å². The van der Waals surface area contributed by atoms with Gasteiger partial charge in [-0.15, -0.1) is 0 Å². The maximum Gasteiger partial charge on any atom is 0.0640 e. The number of rotatable bonds is 5. The molecule has 1 saturated heterocycles. The summed E-state index contributed by atoms with van der Waals surface area (Å²) in [5, 5.41) is 4.41.